The van der Waals surface area contributed by atoms with Gasteiger partial charge >= 0.3 is 5.97 Å². The van der Waals surface area contributed by atoms with Crippen LogP contribution in [-0.2, 0) is 0 Å². The van der Waals surface area contributed by atoms with E-state index in [1.165, 1.54) is 30.5 Å². The zero-order valence-corrected chi connectivity index (χ0v) is 11.9. The molecule has 5 nitrogen and oxygen atoms in total. The first kappa shape index (κ1) is 14.6. The number of carbonyl (C=O) groups is 1. The van der Waals surface area contributed by atoms with Crippen LogP contribution in [0.15, 0.2) is 54.7 Å². The molecule has 0 radical (unpaired) electrons. The maximum absolute atomic E-state index is 13.0. The standard InChI is InChI=1S/C17H12FN3O2/c18-13-7-5-10(6-8-13)14-9-20-16(19)15(21-14)11-1-3-12(4-2-11)17(22)23/h1-9H,(H2,19,20)(H,22,23). The lowest BCUT2D eigenvalue weighted by Gasteiger charge is -2.08. The van der Waals surface area contributed by atoms with Crippen LogP contribution in [0.3, 0.4) is 0 Å². The molecule has 0 amide bonds. The summed E-state index contributed by atoms with van der Waals surface area (Å²) < 4.78 is 13.0. The van der Waals surface area contributed by atoms with Gasteiger partial charge in [-0.05, 0) is 36.4 Å². The van der Waals surface area contributed by atoms with Crippen LogP contribution in [0.5, 0.6) is 0 Å². The smallest absolute Gasteiger partial charge is 0.335 e. The Hall–Kier alpha value is -3.28. The van der Waals surface area contributed by atoms with E-state index in [4.69, 9.17) is 10.8 Å². The van der Waals surface area contributed by atoms with E-state index in [1.807, 2.05) is 0 Å². The molecule has 0 bridgehead atoms. The lowest BCUT2D eigenvalue weighted by atomic mass is 10.1. The second-order valence-electron chi connectivity index (χ2n) is 4.88. The zero-order chi connectivity index (χ0) is 16.4. The Morgan fingerprint density at radius 1 is 1.00 bits per heavy atom. The number of anilines is 1. The fraction of sp³-hybridized carbons (Fsp3) is 0. The number of hydrogen-bond donors (Lipinski definition) is 2. The first-order valence-electron chi connectivity index (χ1n) is 6.77. The molecule has 0 spiro atoms. The Kier molecular flexibility index (Phi) is 3.72. The average Bonchev–Trinajstić information content (AvgIpc) is 2.56. The van der Waals surface area contributed by atoms with Crippen molar-refractivity contribution >= 4 is 11.8 Å². The molecular formula is C17H12FN3O2. The maximum atomic E-state index is 13.0. The van der Waals surface area contributed by atoms with E-state index in [0.717, 1.165) is 0 Å². The van der Waals surface area contributed by atoms with E-state index in [-0.39, 0.29) is 17.2 Å². The number of aromatic nitrogens is 2. The highest BCUT2D eigenvalue weighted by molar-refractivity contribution is 5.88. The van der Waals surface area contributed by atoms with Gasteiger partial charge in [0.05, 0.1) is 17.5 Å². The molecule has 2 aromatic carbocycles. The Bertz CT molecular complexity index is 862. The number of halogens is 1. The number of benzene rings is 2. The fourth-order valence-corrected chi connectivity index (χ4v) is 2.14. The third-order valence-electron chi connectivity index (χ3n) is 3.35. The monoisotopic (exact) mass is 309 g/mol. The van der Waals surface area contributed by atoms with E-state index in [2.05, 4.69) is 9.97 Å². The van der Waals surface area contributed by atoms with Crippen molar-refractivity contribution < 1.29 is 14.3 Å². The van der Waals surface area contributed by atoms with Crippen LogP contribution in [0, 0.1) is 5.82 Å². The fourth-order valence-electron chi connectivity index (χ4n) is 2.14. The lowest BCUT2D eigenvalue weighted by Crippen LogP contribution is -2.00. The normalized spacial score (nSPS) is 10.5. The molecule has 0 aliphatic carbocycles. The Labute approximate surface area is 131 Å². The van der Waals surface area contributed by atoms with Crippen molar-refractivity contribution in [2.75, 3.05) is 5.73 Å². The summed E-state index contributed by atoms with van der Waals surface area (Å²) in [6.45, 7) is 0. The first-order valence-corrected chi connectivity index (χ1v) is 6.77. The summed E-state index contributed by atoms with van der Waals surface area (Å²) in [7, 11) is 0. The van der Waals surface area contributed by atoms with E-state index < -0.39 is 5.97 Å². The number of rotatable bonds is 3. The van der Waals surface area contributed by atoms with Crippen molar-refractivity contribution in [2.45, 2.75) is 0 Å². The van der Waals surface area contributed by atoms with Gasteiger partial charge < -0.3 is 10.8 Å². The molecule has 3 rings (SSSR count). The Morgan fingerprint density at radius 2 is 1.61 bits per heavy atom. The minimum atomic E-state index is -1.00. The van der Waals surface area contributed by atoms with Crippen LogP contribution in [0.4, 0.5) is 10.2 Å². The van der Waals surface area contributed by atoms with Gasteiger partial charge in [0, 0.05) is 11.1 Å². The SMILES string of the molecule is Nc1ncc(-c2ccc(F)cc2)nc1-c1ccc(C(=O)O)cc1. The van der Waals surface area contributed by atoms with Gasteiger partial charge in [0.2, 0.25) is 0 Å². The largest absolute Gasteiger partial charge is 0.478 e. The molecule has 0 aliphatic heterocycles. The summed E-state index contributed by atoms with van der Waals surface area (Å²) >= 11 is 0. The molecule has 23 heavy (non-hydrogen) atoms. The van der Waals surface area contributed by atoms with E-state index >= 15 is 0 Å². The Morgan fingerprint density at radius 3 is 2.22 bits per heavy atom. The number of carboxylic acids is 1. The summed E-state index contributed by atoms with van der Waals surface area (Å²) in [5.41, 5.74) is 8.41. The summed E-state index contributed by atoms with van der Waals surface area (Å²) in [5, 5.41) is 8.93. The van der Waals surface area contributed by atoms with E-state index in [0.29, 0.717) is 22.5 Å². The van der Waals surface area contributed by atoms with Gasteiger partial charge in [0.15, 0.2) is 0 Å². The number of aromatic carboxylic acids is 1. The molecule has 0 unspecified atom stereocenters. The molecule has 0 aliphatic rings. The summed E-state index contributed by atoms with van der Waals surface area (Å²) in [5.74, 6) is -1.10. The predicted octanol–water partition coefficient (Wildman–Crippen LogP) is 3.23. The molecular weight excluding hydrogens is 297 g/mol. The van der Waals surface area contributed by atoms with Crippen LogP contribution < -0.4 is 5.73 Å². The second-order valence-corrected chi connectivity index (χ2v) is 4.88. The molecule has 114 valence electrons. The van der Waals surface area contributed by atoms with E-state index in [9.17, 15) is 9.18 Å². The van der Waals surface area contributed by atoms with Crippen molar-refractivity contribution in [1.82, 2.24) is 9.97 Å². The molecule has 1 heterocycles. The maximum Gasteiger partial charge on any atom is 0.335 e. The van der Waals surface area contributed by atoms with Gasteiger partial charge in [-0.1, -0.05) is 12.1 Å². The third-order valence-corrected chi connectivity index (χ3v) is 3.35. The summed E-state index contributed by atoms with van der Waals surface area (Å²) in [6, 6.07) is 12.1. The van der Waals surface area contributed by atoms with Gasteiger partial charge in [-0.25, -0.2) is 19.2 Å². The van der Waals surface area contributed by atoms with Gasteiger partial charge in [0.1, 0.15) is 17.3 Å². The molecule has 1 aromatic heterocycles. The zero-order valence-electron chi connectivity index (χ0n) is 11.9. The van der Waals surface area contributed by atoms with Gasteiger partial charge in [-0.3, -0.25) is 0 Å². The van der Waals surface area contributed by atoms with Gasteiger partial charge in [0.25, 0.3) is 0 Å². The van der Waals surface area contributed by atoms with Crippen molar-refractivity contribution in [1.29, 1.82) is 0 Å². The van der Waals surface area contributed by atoms with Crippen molar-refractivity contribution in [3.63, 3.8) is 0 Å². The Balaban J connectivity index is 2.03. The molecule has 0 atom stereocenters. The molecule has 3 aromatic rings. The van der Waals surface area contributed by atoms with Crippen LogP contribution in [-0.4, -0.2) is 21.0 Å². The molecule has 0 saturated heterocycles. The number of nitrogens with two attached hydrogens (primary N) is 1. The second kappa shape index (κ2) is 5.84. The van der Waals surface area contributed by atoms with Crippen LogP contribution in [0.1, 0.15) is 10.4 Å². The highest BCUT2D eigenvalue weighted by Crippen LogP contribution is 2.26. The predicted molar refractivity (Wildman–Crippen MR) is 84.2 cm³/mol. The first-order chi connectivity index (χ1) is 11.0. The third kappa shape index (κ3) is 3.01. The van der Waals surface area contributed by atoms with Crippen LogP contribution in [0.2, 0.25) is 0 Å². The van der Waals surface area contributed by atoms with Crippen molar-refractivity contribution in [3.05, 3.63) is 66.1 Å². The van der Waals surface area contributed by atoms with Crippen LogP contribution >= 0.6 is 0 Å². The molecule has 3 N–H and O–H groups in total. The minimum Gasteiger partial charge on any atom is -0.478 e. The topological polar surface area (TPSA) is 89.1 Å². The van der Waals surface area contributed by atoms with Crippen LogP contribution in [0.25, 0.3) is 22.5 Å². The number of nitrogen functional groups attached to an aromatic ring is 1. The quantitative estimate of drug-likeness (QED) is 0.775. The van der Waals surface area contributed by atoms with Gasteiger partial charge in [-0.15, -0.1) is 0 Å². The minimum absolute atomic E-state index is 0.176. The average molecular weight is 309 g/mol. The number of hydrogen-bond acceptors (Lipinski definition) is 4. The van der Waals surface area contributed by atoms with Crippen molar-refractivity contribution in [2.24, 2.45) is 0 Å². The lowest BCUT2D eigenvalue weighted by molar-refractivity contribution is 0.0697. The molecule has 0 saturated carbocycles. The highest BCUT2D eigenvalue weighted by atomic mass is 19.1. The summed E-state index contributed by atoms with van der Waals surface area (Å²) in [4.78, 5) is 19.5. The van der Waals surface area contributed by atoms with Gasteiger partial charge in [-0.2, -0.15) is 0 Å². The molecule has 6 heteroatoms. The number of nitrogens with zero attached hydrogens (tertiary/aromatic N) is 2. The number of carboxylic acid groups (broad SMARTS) is 1. The highest BCUT2D eigenvalue weighted by Gasteiger charge is 2.10. The summed E-state index contributed by atoms with van der Waals surface area (Å²) in [6.07, 6.45) is 1.51. The molecule has 0 fully saturated rings. The van der Waals surface area contributed by atoms with E-state index in [1.54, 1.807) is 24.3 Å². The van der Waals surface area contributed by atoms with Crippen molar-refractivity contribution in [3.8, 4) is 22.5 Å².